The molecule has 0 saturated carbocycles. The fourth-order valence-corrected chi connectivity index (χ4v) is 2.51. The molecule has 3 rings (SSSR count). The summed E-state index contributed by atoms with van der Waals surface area (Å²) in [5, 5.41) is 8.84. The molecule has 1 aromatic carbocycles. The summed E-state index contributed by atoms with van der Waals surface area (Å²) in [7, 11) is 0. The van der Waals surface area contributed by atoms with Crippen molar-refractivity contribution in [3.8, 4) is 5.75 Å². The van der Waals surface area contributed by atoms with E-state index in [0.29, 0.717) is 13.2 Å². The summed E-state index contributed by atoms with van der Waals surface area (Å²) in [6, 6.07) is 7.27. The first-order valence-corrected chi connectivity index (χ1v) is 7.37. The molecule has 0 radical (unpaired) electrons. The van der Waals surface area contributed by atoms with Gasteiger partial charge in [0.2, 0.25) is 17.8 Å². The third kappa shape index (κ3) is 3.31. The average Bonchev–Trinajstić information content (AvgIpc) is 3.18. The molecular weight excluding hydrogens is 298 g/mol. The van der Waals surface area contributed by atoms with Gasteiger partial charge in [0.15, 0.2) is 0 Å². The minimum absolute atomic E-state index is 0.0770. The number of amides is 2. The van der Waals surface area contributed by atoms with Gasteiger partial charge in [-0.1, -0.05) is 0 Å². The molecule has 2 heterocycles. The lowest BCUT2D eigenvalue weighted by molar-refractivity contribution is -0.122. The maximum absolute atomic E-state index is 12.2. The van der Waals surface area contributed by atoms with Crippen molar-refractivity contribution < 1.29 is 14.3 Å². The number of hydrogen-bond donors (Lipinski definition) is 2. The molecule has 8 heteroatoms. The van der Waals surface area contributed by atoms with E-state index >= 15 is 0 Å². The predicted octanol–water partition coefficient (Wildman–Crippen LogP) is 1.19. The lowest BCUT2D eigenvalue weighted by Gasteiger charge is -2.17. The maximum atomic E-state index is 12.2. The molecule has 2 N–H and O–H groups in total. The van der Waals surface area contributed by atoms with Gasteiger partial charge < -0.3 is 9.64 Å². The highest BCUT2D eigenvalue weighted by Gasteiger charge is 2.35. The van der Waals surface area contributed by atoms with E-state index in [1.807, 2.05) is 31.2 Å². The summed E-state index contributed by atoms with van der Waals surface area (Å²) >= 11 is 0. The fraction of sp³-hybridized carbons (Fsp3) is 0.333. The largest absolute Gasteiger partial charge is 0.494 e. The van der Waals surface area contributed by atoms with Gasteiger partial charge in [0.25, 0.3) is 0 Å². The van der Waals surface area contributed by atoms with Crippen molar-refractivity contribution in [2.45, 2.75) is 13.3 Å². The Morgan fingerprint density at radius 1 is 1.43 bits per heavy atom. The molecule has 0 spiro atoms. The van der Waals surface area contributed by atoms with Crippen LogP contribution in [0.1, 0.15) is 13.3 Å². The van der Waals surface area contributed by atoms with Gasteiger partial charge >= 0.3 is 0 Å². The lowest BCUT2D eigenvalue weighted by atomic mass is 10.1. The number of carbonyl (C=O) groups excluding carboxylic acids is 2. The Bertz CT molecular complexity index is 684. The molecular formula is C15H17N5O3. The Balaban J connectivity index is 1.66. The summed E-state index contributed by atoms with van der Waals surface area (Å²) in [6.07, 6.45) is 1.48. The first kappa shape index (κ1) is 15.0. The molecule has 8 nitrogen and oxygen atoms in total. The standard InChI is InChI=1S/C15H17N5O3/c1-2-23-12-5-3-11(4-6-12)20-8-10(7-13(20)21)14(22)18-15-16-9-17-19-15/h3-6,9-10H,2,7-8H2,1H3,(H2,16,17,18,19,22)/t10-/m1/s1. The molecule has 2 amide bonds. The molecule has 0 aliphatic carbocycles. The van der Waals surface area contributed by atoms with Gasteiger partial charge in [-0.2, -0.15) is 10.1 Å². The number of carbonyl (C=O) groups is 2. The van der Waals surface area contributed by atoms with Gasteiger partial charge in [-0.3, -0.25) is 14.9 Å². The molecule has 1 atom stereocenters. The molecule has 1 aliphatic rings. The number of rotatable bonds is 5. The maximum Gasteiger partial charge on any atom is 0.232 e. The highest BCUT2D eigenvalue weighted by molar-refractivity contribution is 6.03. The SMILES string of the molecule is CCOc1ccc(N2C[C@H](C(=O)Nc3ncn[nH]3)CC2=O)cc1. The second-order valence-corrected chi connectivity index (χ2v) is 5.16. The number of ether oxygens (including phenoxy) is 1. The molecule has 0 unspecified atom stereocenters. The Morgan fingerprint density at radius 3 is 2.87 bits per heavy atom. The van der Waals surface area contributed by atoms with E-state index in [4.69, 9.17) is 4.74 Å². The quantitative estimate of drug-likeness (QED) is 0.863. The zero-order chi connectivity index (χ0) is 16.2. The van der Waals surface area contributed by atoms with Crippen molar-refractivity contribution in [3.05, 3.63) is 30.6 Å². The van der Waals surface area contributed by atoms with E-state index in [0.717, 1.165) is 11.4 Å². The average molecular weight is 315 g/mol. The summed E-state index contributed by atoms with van der Waals surface area (Å²) in [5.74, 6) is 0.291. The molecule has 1 fully saturated rings. The number of benzene rings is 1. The van der Waals surface area contributed by atoms with Crippen LogP contribution in [0.5, 0.6) is 5.75 Å². The molecule has 1 aromatic heterocycles. The van der Waals surface area contributed by atoms with Crippen LogP contribution in [0.2, 0.25) is 0 Å². The van der Waals surface area contributed by atoms with Gasteiger partial charge in [0, 0.05) is 18.7 Å². The molecule has 120 valence electrons. The Hall–Kier alpha value is -2.90. The number of aromatic nitrogens is 3. The number of nitrogens with one attached hydrogen (secondary N) is 2. The molecule has 1 aliphatic heterocycles. The van der Waals surface area contributed by atoms with Gasteiger partial charge in [0.05, 0.1) is 12.5 Å². The number of aromatic amines is 1. The van der Waals surface area contributed by atoms with E-state index < -0.39 is 5.92 Å². The first-order valence-electron chi connectivity index (χ1n) is 7.37. The van der Waals surface area contributed by atoms with Crippen molar-refractivity contribution in [2.75, 3.05) is 23.4 Å². The van der Waals surface area contributed by atoms with Crippen molar-refractivity contribution in [1.29, 1.82) is 0 Å². The van der Waals surface area contributed by atoms with E-state index in [2.05, 4.69) is 20.5 Å². The number of nitrogens with zero attached hydrogens (tertiary/aromatic N) is 3. The monoisotopic (exact) mass is 315 g/mol. The third-order valence-corrected chi connectivity index (χ3v) is 3.61. The number of anilines is 2. The van der Waals surface area contributed by atoms with Crippen molar-refractivity contribution in [2.24, 2.45) is 5.92 Å². The van der Waals surface area contributed by atoms with Crippen LogP contribution < -0.4 is 15.0 Å². The second kappa shape index (κ2) is 6.47. The summed E-state index contributed by atoms with van der Waals surface area (Å²) < 4.78 is 5.38. The van der Waals surface area contributed by atoms with Crippen LogP contribution in [0, 0.1) is 5.92 Å². The van der Waals surface area contributed by atoms with Crippen LogP contribution in [-0.2, 0) is 9.59 Å². The second-order valence-electron chi connectivity index (χ2n) is 5.16. The van der Waals surface area contributed by atoms with Crippen molar-refractivity contribution >= 4 is 23.5 Å². The number of H-pyrrole nitrogens is 1. The first-order chi connectivity index (χ1) is 11.2. The van der Waals surface area contributed by atoms with E-state index in [1.54, 1.807) is 4.90 Å². The lowest BCUT2D eigenvalue weighted by Crippen LogP contribution is -2.28. The summed E-state index contributed by atoms with van der Waals surface area (Å²) in [5.41, 5.74) is 0.758. The summed E-state index contributed by atoms with van der Waals surface area (Å²) in [6.45, 7) is 2.84. The molecule has 23 heavy (non-hydrogen) atoms. The molecule has 0 bridgehead atoms. The zero-order valence-electron chi connectivity index (χ0n) is 12.7. The minimum atomic E-state index is -0.417. The topological polar surface area (TPSA) is 100 Å². The van der Waals surface area contributed by atoms with Gasteiger partial charge in [-0.15, -0.1) is 0 Å². The van der Waals surface area contributed by atoms with Crippen LogP contribution in [0.3, 0.4) is 0 Å². The smallest absolute Gasteiger partial charge is 0.232 e. The number of hydrogen-bond acceptors (Lipinski definition) is 5. The van der Waals surface area contributed by atoms with Crippen LogP contribution in [0.15, 0.2) is 30.6 Å². The van der Waals surface area contributed by atoms with Gasteiger partial charge in [-0.05, 0) is 31.2 Å². The molecule has 2 aromatic rings. The predicted molar refractivity (Wildman–Crippen MR) is 83.1 cm³/mol. The van der Waals surface area contributed by atoms with E-state index in [1.165, 1.54) is 6.33 Å². The van der Waals surface area contributed by atoms with Crippen molar-refractivity contribution in [1.82, 2.24) is 15.2 Å². The highest BCUT2D eigenvalue weighted by atomic mass is 16.5. The Morgan fingerprint density at radius 2 is 2.22 bits per heavy atom. The minimum Gasteiger partial charge on any atom is -0.494 e. The Labute approximate surface area is 132 Å². The van der Waals surface area contributed by atoms with Crippen LogP contribution in [0.4, 0.5) is 11.6 Å². The van der Waals surface area contributed by atoms with E-state index in [-0.39, 0.29) is 24.2 Å². The fourth-order valence-electron chi connectivity index (χ4n) is 2.51. The van der Waals surface area contributed by atoms with Gasteiger partial charge in [0.1, 0.15) is 12.1 Å². The zero-order valence-corrected chi connectivity index (χ0v) is 12.7. The Kier molecular flexibility index (Phi) is 4.22. The molecule has 1 saturated heterocycles. The van der Waals surface area contributed by atoms with Crippen LogP contribution in [0.25, 0.3) is 0 Å². The summed E-state index contributed by atoms with van der Waals surface area (Å²) in [4.78, 5) is 29.8. The van der Waals surface area contributed by atoms with Gasteiger partial charge in [-0.25, -0.2) is 5.10 Å². The normalized spacial score (nSPS) is 17.3. The van der Waals surface area contributed by atoms with Crippen molar-refractivity contribution in [3.63, 3.8) is 0 Å². The van der Waals surface area contributed by atoms with E-state index in [9.17, 15) is 9.59 Å². The highest BCUT2D eigenvalue weighted by Crippen LogP contribution is 2.27. The van der Waals surface area contributed by atoms with Crippen LogP contribution >= 0.6 is 0 Å². The third-order valence-electron chi connectivity index (χ3n) is 3.61. The van der Waals surface area contributed by atoms with Crippen LogP contribution in [-0.4, -0.2) is 40.1 Å².